The van der Waals surface area contributed by atoms with Crippen molar-refractivity contribution in [3.05, 3.63) is 41.6 Å². The summed E-state index contributed by atoms with van der Waals surface area (Å²) in [6, 6.07) is 1.16. The minimum atomic E-state index is -0.540. The van der Waals surface area contributed by atoms with E-state index in [1.165, 1.54) is 0 Å². The highest BCUT2D eigenvalue weighted by atomic mass is 19.1. The van der Waals surface area contributed by atoms with E-state index in [-0.39, 0.29) is 11.5 Å². The molecule has 0 aromatic carbocycles. The van der Waals surface area contributed by atoms with Crippen LogP contribution in [0.2, 0.25) is 0 Å². The molecule has 2 aromatic rings. The van der Waals surface area contributed by atoms with E-state index in [1.807, 2.05) is 13.2 Å². The van der Waals surface area contributed by atoms with Crippen molar-refractivity contribution in [3.8, 4) is 0 Å². The van der Waals surface area contributed by atoms with Crippen LogP contribution in [-0.2, 0) is 13.5 Å². The predicted octanol–water partition coefficient (Wildman–Crippen LogP) is 0.968. The average Bonchev–Trinajstić information content (AvgIpc) is 2.84. The van der Waals surface area contributed by atoms with Crippen LogP contribution < -0.4 is 10.6 Å². The summed E-state index contributed by atoms with van der Waals surface area (Å²) in [5.74, 6) is -0.545. The molecule has 0 radical (unpaired) electrons. The molecule has 0 bridgehead atoms. The van der Waals surface area contributed by atoms with E-state index in [0.717, 1.165) is 17.8 Å². The second-order valence-corrected chi connectivity index (χ2v) is 4.33. The number of nitrogens with one attached hydrogen (secondary N) is 2. The second-order valence-electron chi connectivity index (χ2n) is 4.33. The first-order chi connectivity index (χ1) is 9.60. The normalized spacial score (nSPS) is 10.3. The summed E-state index contributed by atoms with van der Waals surface area (Å²) in [6.45, 7) is 0.449. The quantitative estimate of drug-likeness (QED) is 0.854. The van der Waals surface area contributed by atoms with Gasteiger partial charge in [-0.25, -0.2) is 9.37 Å². The van der Waals surface area contributed by atoms with Crippen LogP contribution in [0, 0.1) is 5.82 Å². The van der Waals surface area contributed by atoms with Crippen molar-refractivity contribution in [2.45, 2.75) is 6.42 Å². The summed E-state index contributed by atoms with van der Waals surface area (Å²) < 4.78 is 14.9. The van der Waals surface area contributed by atoms with E-state index in [4.69, 9.17) is 0 Å². The first kappa shape index (κ1) is 14.0. The number of nitrogens with zero attached hydrogens (tertiary/aromatic N) is 3. The van der Waals surface area contributed by atoms with Gasteiger partial charge in [0, 0.05) is 26.8 Å². The number of carbonyl (C=O) groups excluding carboxylic acids is 1. The van der Waals surface area contributed by atoms with Crippen LogP contribution in [0.25, 0.3) is 0 Å². The van der Waals surface area contributed by atoms with Gasteiger partial charge in [0.15, 0.2) is 0 Å². The number of amides is 1. The van der Waals surface area contributed by atoms with Gasteiger partial charge >= 0.3 is 0 Å². The highest BCUT2D eigenvalue weighted by Gasteiger charge is 2.12. The Balaban J connectivity index is 1.96. The molecule has 0 unspecified atom stereocenters. The van der Waals surface area contributed by atoms with Gasteiger partial charge in [0.05, 0.1) is 18.0 Å². The Hall–Kier alpha value is -2.44. The lowest BCUT2D eigenvalue weighted by Crippen LogP contribution is -2.26. The molecular weight excluding hydrogens is 261 g/mol. The monoisotopic (exact) mass is 277 g/mol. The molecule has 106 valence electrons. The molecule has 0 saturated heterocycles. The maximum absolute atomic E-state index is 13.2. The number of hydrogen-bond acceptors (Lipinski definition) is 4. The van der Waals surface area contributed by atoms with Gasteiger partial charge < -0.3 is 10.6 Å². The molecule has 2 rings (SSSR count). The number of rotatable bonds is 5. The third-order valence-corrected chi connectivity index (χ3v) is 2.79. The van der Waals surface area contributed by atoms with Crippen molar-refractivity contribution in [2.24, 2.45) is 7.05 Å². The Morgan fingerprint density at radius 1 is 1.45 bits per heavy atom. The Bertz CT molecular complexity index is 611. The molecule has 0 spiro atoms. The SMILES string of the molecule is CNc1ncc(F)cc1C(=O)NCCc1cnn(C)c1. The van der Waals surface area contributed by atoms with E-state index >= 15 is 0 Å². The smallest absolute Gasteiger partial charge is 0.255 e. The van der Waals surface area contributed by atoms with Gasteiger partial charge in [-0.05, 0) is 18.1 Å². The fourth-order valence-corrected chi connectivity index (χ4v) is 1.83. The third-order valence-electron chi connectivity index (χ3n) is 2.79. The van der Waals surface area contributed by atoms with Crippen LogP contribution >= 0.6 is 0 Å². The Morgan fingerprint density at radius 2 is 2.25 bits per heavy atom. The molecule has 6 nitrogen and oxygen atoms in total. The maximum atomic E-state index is 13.2. The van der Waals surface area contributed by atoms with Crippen molar-refractivity contribution < 1.29 is 9.18 Å². The molecule has 0 aliphatic heterocycles. The fraction of sp³-hybridized carbons (Fsp3) is 0.308. The molecule has 0 atom stereocenters. The summed E-state index contributed by atoms with van der Waals surface area (Å²) in [4.78, 5) is 15.8. The van der Waals surface area contributed by atoms with E-state index < -0.39 is 5.82 Å². The van der Waals surface area contributed by atoms with Crippen LogP contribution in [0.1, 0.15) is 15.9 Å². The number of pyridine rings is 1. The van der Waals surface area contributed by atoms with E-state index in [1.54, 1.807) is 17.9 Å². The molecule has 0 aliphatic rings. The Labute approximate surface area is 116 Å². The van der Waals surface area contributed by atoms with Crippen LogP contribution in [0.3, 0.4) is 0 Å². The van der Waals surface area contributed by atoms with Crippen molar-refractivity contribution in [3.63, 3.8) is 0 Å². The molecule has 2 N–H and O–H groups in total. The predicted molar refractivity (Wildman–Crippen MR) is 73.0 cm³/mol. The Kier molecular flexibility index (Phi) is 4.29. The molecule has 2 heterocycles. The summed E-state index contributed by atoms with van der Waals surface area (Å²) >= 11 is 0. The molecule has 20 heavy (non-hydrogen) atoms. The molecule has 0 aliphatic carbocycles. The minimum Gasteiger partial charge on any atom is -0.372 e. The highest BCUT2D eigenvalue weighted by Crippen LogP contribution is 2.12. The summed E-state index contributed by atoms with van der Waals surface area (Å²) in [7, 11) is 3.46. The van der Waals surface area contributed by atoms with Crippen molar-refractivity contribution in [1.82, 2.24) is 20.1 Å². The average molecular weight is 277 g/mol. The van der Waals surface area contributed by atoms with Crippen molar-refractivity contribution >= 4 is 11.7 Å². The van der Waals surface area contributed by atoms with Gasteiger partial charge in [-0.3, -0.25) is 9.48 Å². The van der Waals surface area contributed by atoms with Gasteiger partial charge in [-0.2, -0.15) is 5.10 Å². The number of aromatic nitrogens is 3. The molecule has 0 fully saturated rings. The van der Waals surface area contributed by atoms with Crippen LogP contribution in [0.15, 0.2) is 24.7 Å². The number of hydrogen-bond donors (Lipinski definition) is 2. The topological polar surface area (TPSA) is 71.8 Å². The number of halogens is 1. The lowest BCUT2D eigenvalue weighted by molar-refractivity contribution is 0.0954. The highest BCUT2D eigenvalue weighted by molar-refractivity contribution is 5.98. The van der Waals surface area contributed by atoms with Crippen molar-refractivity contribution in [1.29, 1.82) is 0 Å². The fourth-order valence-electron chi connectivity index (χ4n) is 1.83. The molecule has 7 heteroatoms. The summed E-state index contributed by atoms with van der Waals surface area (Å²) in [5.41, 5.74) is 1.22. The van der Waals surface area contributed by atoms with Crippen LogP contribution in [-0.4, -0.2) is 34.3 Å². The molecule has 0 saturated carbocycles. The van der Waals surface area contributed by atoms with Crippen LogP contribution in [0.5, 0.6) is 0 Å². The zero-order chi connectivity index (χ0) is 14.5. The molecule has 1 amide bonds. The van der Waals surface area contributed by atoms with Gasteiger partial charge in [-0.15, -0.1) is 0 Å². The summed E-state index contributed by atoms with van der Waals surface area (Å²) in [6.07, 6.45) is 5.36. The third kappa shape index (κ3) is 3.31. The van der Waals surface area contributed by atoms with E-state index in [9.17, 15) is 9.18 Å². The van der Waals surface area contributed by atoms with E-state index in [0.29, 0.717) is 18.8 Å². The van der Waals surface area contributed by atoms with Gasteiger partial charge in [0.2, 0.25) is 0 Å². The lowest BCUT2D eigenvalue weighted by Gasteiger charge is -2.08. The standard InChI is InChI=1S/C13H16FN5O/c1-15-12-11(5-10(14)7-17-12)13(20)16-4-3-9-6-18-19(2)8-9/h5-8H,3-4H2,1-2H3,(H,15,17)(H,16,20). The summed E-state index contributed by atoms with van der Waals surface area (Å²) in [5, 5.41) is 9.55. The zero-order valence-electron chi connectivity index (χ0n) is 11.4. The first-order valence-electron chi connectivity index (χ1n) is 6.19. The number of aryl methyl sites for hydroxylation is 1. The van der Waals surface area contributed by atoms with E-state index in [2.05, 4.69) is 20.7 Å². The lowest BCUT2D eigenvalue weighted by atomic mass is 10.2. The second kappa shape index (κ2) is 6.14. The molecular formula is C13H16FN5O. The Morgan fingerprint density at radius 3 is 2.90 bits per heavy atom. The number of carbonyl (C=O) groups is 1. The molecule has 2 aromatic heterocycles. The van der Waals surface area contributed by atoms with Gasteiger partial charge in [0.1, 0.15) is 11.6 Å². The minimum absolute atomic E-state index is 0.193. The first-order valence-corrected chi connectivity index (χ1v) is 6.19. The van der Waals surface area contributed by atoms with Crippen molar-refractivity contribution in [2.75, 3.05) is 18.9 Å². The maximum Gasteiger partial charge on any atom is 0.255 e. The van der Waals surface area contributed by atoms with Gasteiger partial charge in [0.25, 0.3) is 5.91 Å². The largest absolute Gasteiger partial charge is 0.372 e. The van der Waals surface area contributed by atoms with Crippen LogP contribution in [0.4, 0.5) is 10.2 Å². The number of anilines is 1. The van der Waals surface area contributed by atoms with Gasteiger partial charge in [-0.1, -0.05) is 0 Å². The zero-order valence-corrected chi connectivity index (χ0v) is 11.4.